The van der Waals surface area contributed by atoms with E-state index in [4.69, 9.17) is 0 Å². The summed E-state index contributed by atoms with van der Waals surface area (Å²) in [6.45, 7) is 4.38. The Hall–Kier alpha value is -2.61. The van der Waals surface area contributed by atoms with Gasteiger partial charge in [0.25, 0.3) is 5.91 Å². The van der Waals surface area contributed by atoms with Crippen LogP contribution in [0, 0.1) is 0 Å². The molecular weight excluding hydrogens is 312 g/mol. The van der Waals surface area contributed by atoms with Gasteiger partial charge in [0.15, 0.2) is 0 Å². The molecule has 3 aromatic rings. The second-order valence-corrected chi connectivity index (χ2v) is 6.05. The molecule has 2 heterocycles. The van der Waals surface area contributed by atoms with Crippen LogP contribution < -0.4 is 5.32 Å². The number of nitrogens with one attached hydrogen (secondary N) is 1. The highest BCUT2D eigenvalue weighted by Gasteiger charge is 2.18. The summed E-state index contributed by atoms with van der Waals surface area (Å²) >= 11 is 1.12. The standard InChI is InChI=1S/C15H16N6OS/c1-10(2)13-14(23-20-19-13)15(22)17-7-11-5-3-4-6-12(11)21-9-16-8-18-21/h3-6,8-10H,7H2,1-2H3,(H,17,22). The molecule has 0 aliphatic heterocycles. The summed E-state index contributed by atoms with van der Waals surface area (Å²) in [6.07, 6.45) is 3.11. The van der Waals surface area contributed by atoms with Crippen molar-refractivity contribution in [2.45, 2.75) is 26.3 Å². The SMILES string of the molecule is CC(C)c1nnsc1C(=O)NCc1ccccc1-n1cncn1. The van der Waals surface area contributed by atoms with E-state index in [1.54, 1.807) is 11.0 Å². The second kappa shape index (κ2) is 6.66. The molecule has 0 aliphatic rings. The van der Waals surface area contributed by atoms with E-state index in [0.717, 1.165) is 28.5 Å². The Morgan fingerprint density at radius 1 is 1.35 bits per heavy atom. The smallest absolute Gasteiger partial charge is 0.265 e. The molecule has 0 saturated carbocycles. The van der Waals surface area contributed by atoms with Gasteiger partial charge >= 0.3 is 0 Å². The first-order valence-electron chi connectivity index (χ1n) is 7.20. The maximum absolute atomic E-state index is 12.4. The third-order valence-electron chi connectivity index (χ3n) is 3.36. The van der Waals surface area contributed by atoms with Crippen molar-refractivity contribution >= 4 is 17.4 Å². The summed E-state index contributed by atoms with van der Waals surface area (Å²) < 4.78 is 5.56. The van der Waals surface area contributed by atoms with Gasteiger partial charge in [0.05, 0.1) is 11.4 Å². The Kier molecular flexibility index (Phi) is 4.42. The first kappa shape index (κ1) is 15.3. The first-order chi connectivity index (χ1) is 11.2. The van der Waals surface area contributed by atoms with E-state index in [1.165, 1.54) is 6.33 Å². The van der Waals surface area contributed by atoms with Crippen LogP contribution in [0.3, 0.4) is 0 Å². The zero-order valence-corrected chi connectivity index (χ0v) is 13.6. The van der Waals surface area contributed by atoms with Crippen LogP contribution in [0.1, 0.15) is 40.7 Å². The maximum atomic E-state index is 12.4. The molecule has 0 fully saturated rings. The predicted octanol–water partition coefficient (Wildman–Crippen LogP) is 2.17. The molecule has 23 heavy (non-hydrogen) atoms. The number of nitrogens with zero attached hydrogens (tertiary/aromatic N) is 5. The van der Waals surface area contributed by atoms with E-state index in [9.17, 15) is 4.79 Å². The van der Waals surface area contributed by atoms with E-state index in [-0.39, 0.29) is 11.8 Å². The van der Waals surface area contributed by atoms with Crippen molar-refractivity contribution in [1.82, 2.24) is 29.7 Å². The topological polar surface area (TPSA) is 85.6 Å². The van der Waals surface area contributed by atoms with Crippen LogP contribution >= 0.6 is 11.5 Å². The number of amides is 1. The summed E-state index contributed by atoms with van der Waals surface area (Å²) in [6, 6.07) is 7.73. The zero-order valence-electron chi connectivity index (χ0n) is 12.8. The van der Waals surface area contributed by atoms with Gasteiger partial charge in [-0.25, -0.2) is 9.67 Å². The number of benzene rings is 1. The minimum absolute atomic E-state index is 0.155. The van der Waals surface area contributed by atoms with Crippen molar-refractivity contribution in [3.05, 3.63) is 53.1 Å². The largest absolute Gasteiger partial charge is 0.347 e. The molecule has 1 aromatic carbocycles. The van der Waals surface area contributed by atoms with E-state index in [1.807, 2.05) is 38.1 Å². The molecule has 8 heteroatoms. The minimum Gasteiger partial charge on any atom is -0.347 e. The summed E-state index contributed by atoms with van der Waals surface area (Å²) in [7, 11) is 0. The van der Waals surface area contributed by atoms with Crippen molar-refractivity contribution in [3.8, 4) is 5.69 Å². The number of aromatic nitrogens is 5. The quantitative estimate of drug-likeness (QED) is 0.776. The van der Waals surface area contributed by atoms with E-state index in [2.05, 4.69) is 25.0 Å². The molecule has 118 valence electrons. The molecule has 0 aliphatic carbocycles. The van der Waals surface area contributed by atoms with Crippen LogP contribution in [0.25, 0.3) is 5.69 Å². The minimum atomic E-state index is -0.155. The number of carbonyl (C=O) groups is 1. The fourth-order valence-electron chi connectivity index (χ4n) is 2.21. The van der Waals surface area contributed by atoms with E-state index < -0.39 is 0 Å². The Labute approximate surface area is 137 Å². The lowest BCUT2D eigenvalue weighted by atomic mass is 10.1. The molecule has 7 nitrogen and oxygen atoms in total. The molecule has 0 radical (unpaired) electrons. The molecule has 2 aromatic heterocycles. The normalized spacial score (nSPS) is 10.9. The molecule has 0 unspecified atom stereocenters. The number of hydrogen-bond acceptors (Lipinski definition) is 6. The van der Waals surface area contributed by atoms with Crippen LogP contribution in [-0.2, 0) is 6.54 Å². The Bertz CT molecular complexity index is 796. The molecule has 0 bridgehead atoms. The van der Waals surface area contributed by atoms with E-state index in [0.29, 0.717) is 11.4 Å². The average molecular weight is 328 g/mol. The van der Waals surface area contributed by atoms with Gasteiger partial charge in [-0.3, -0.25) is 4.79 Å². The summed E-state index contributed by atoms with van der Waals surface area (Å²) in [4.78, 5) is 16.9. The lowest BCUT2D eigenvalue weighted by Gasteiger charge is -2.10. The summed E-state index contributed by atoms with van der Waals surface area (Å²) in [5.74, 6) is 0.00836. The Balaban J connectivity index is 1.76. The summed E-state index contributed by atoms with van der Waals surface area (Å²) in [5, 5.41) is 11.1. The molecule has 0 saturated heterocycles. The fraction of sp³-hybridized carbons (Fsp3) is 0.267. The van der Waals surface area contributed by atoms with Gasteiger partial charge in [-0.1, -0.05) is 36.5 Å². The number of para-hydroxylation sites is 1. The van der Waals surface area contributed by atoms with Gasteiger partial charge in [-0.15, -0.1) is 5.10 Å². The number of rotatable bonds is 5. The van der Waals surface area contributed by atoms with Crippen molar-refractivity contribution in [1.29, 1.82) is 0 Å². The van der Waals surface area contributed by atoms with Crippen molar-refractivity contribution in [2.24, 2.45) is 0 Å². The molecule has 0 spiro atoms. The van der Waals surface area contributed by atoms with Gasteiger partial charge in [-0.2, -0.15) is 5.10 Å². The molecule has 0 atom stereocenters. The lowest BCUT2D eigenvalue weighted by molar-refractivity contribution is 0.0953. The number of hydrogen-bond donors (Lipinski definition) is 1. The number of carbonyl (C=O) groups excluding carboxylic acids is 1. The monoisotopic (exact) mass is 328 g/mol. The Morgan fingerprint density at radius 3 is 2.91 bits per heavy atom. The fourth-order valence-corrected chi connectivity index (χ4v) is 2.94. The van der Waals surface area contributed by atoms with Crippen LogP contribution in [0.15, 0.2) is 36.9 Å². The maximum Gasteiger partial charge on any atom is 0.265 e. The zero-order chi connectivity index (χ0) is 16.2. The van der Waals surface area contributed by atoms with Gasteiger partial charge < -0.3 is 5.32 Å². The van der Waals surface area contributed by atoms with Crippen molar-refractivity contribution in [2.75, 3.05) is 0 Å². The lowest BCUT2D eigenvalue weighted by Crippen LogP contribution is -2.24. The van der Waals surface area contributed by atoms with Crippen LogP contribution in [0.2, 0.25) is 0 Å². The van der Waals surface area contributed by atoms with Crippen molar-refractivity contribution < 1.29 is 4.79 Å². The van der Waals surface area contributed by atoms with Crippen LogP contribution in [0.4, 0.5) is 0 Å². The molecule has 1 amide bonds. The average Bonchev–Trinajstić information content (AvgIpc) is 3.23. The van der Waals surface area contributed by atoms with E-state index >= 15 is 0 Å². The Morgan fingerprint density at radius 2 is 2.17 bits per heavy atom. The summed E-state index contributed by atoms with van der Waals surface area (Å²) in [5.41, 5.74) is 2.57. The van der Waals surface area contributed by atoms with Gasteiger partial charge in [0, 0.05) is 6.54 Å². The van der Waals surface area contributed by atoms with Gasteiger partial charge in [0.1, 0.15) is 17.5 Å². The van der Waals surface area contributed by atoms with Crippen LogP contribution in [0.5, 0.6) is 0 Å². The van der Waals surface area contributed by atoms with Gasteiger partial charge in [0.2, 0.25) is 0 Å². The first-order valence-corrected chi connectivity index (χ1v) is 7.97. The highest BCUT2D eigenvalue weighted by atomic mass is 32.1. The molecule has 1 N–H and O–H groups in total. The highest BCUT2D eigenvalue weighted by molar-refractivity contribution is 7.08. The molecular formula is C15H16N6OS. The van der Waals surface area contributed by atoms with Crippen LogP contribution in [-0.4, -0.2) is 30.3 Å². The predicted molar refractivity (Wildman–Crippen MR) is 86.5 cm³/mol. The van der Waals surface area contributed by atoms with Crippen molar-refractivity contribution in [3.63, 3.8) is 0 Å². The van der Waals surface area contributed by atoms with Gasteiger partial charge in [-0.05, 0) is 29.1 Å². The molecule has 3 rings (SSSR count). The third-order valence-corrected chi connectivity index (χ3v) is 4.10. The third kappa shape index (κ3) is 3.26. The second-order valence-electron chi connectivity index (χ2n) is 5.29. The highest BCUT2D eigenvalue weighted by Crippen LogP contribution is 2.20.